The van der Waals surface area contributed by atoms with Crippen molar-refractivity contribution in [1.29, 1.82) is 0 Å². The summed E-state index contributed by atoms with van der Waals surface area (Å²) >= 11 is 3.48. The number of nitrogens with one attached hydrogen (secondary N) is 1. The Morgan fingerprint density at radius 3 is 2.68 bits per heavy atom. The molecule has 1 aliphatic rings. The van der Waals surface area contributed by atoms with E-state index in [1.165, 1.54) is 31.2 Å². The molecule has 2 atom stereocenters. The minimum Gasteiger partial charge on any atom is -0.310 e. The zero-order valence-corrected chi connectivity index (χ0v) is 13.8. The molecule has 0 aliphatic heterocycles. The summed E-state index contributed by atoms with van der Waals surface area (Å²) in [5.74, 6) is 0.779. The second kappa shape index (κ2) is 6.36. The van der Waals surface area contributed by atoms with Crippen LogP contribution in [0.15, 0.2) is 22.9 Å². The number of nitrogens with zero attached hydrogens (tertiary/aromatic N) is 1. The molecule has 0 aromatic carbocycles. The van der Waals surface area contributed by atoms with Crippen molar-refractivity contribution in [2.45, 2.75) is 59.0 Å². The molecule has 2 rings (SSSR count). The molecule has 1 aliphatic carbocycles. The van der Waals surface area contributed by atoms with Gasteiger partial charge in [0.2, 0.25) is 0 Å². The molecule has 1 aromatic heterocycles. The standard InChI is InChI=1S/C16H25BrN2/c1-16(2,3)14-6-4-5-7-15(14)19-10-12-8-13(17)11-18-9-12/h8-9,11,14-15,19H,4-7,10H2,1-3H3. The van der Waals surface area contributed by atoms with Crippen molar-refractivity contribution in [3.05, 3.63) is 28.5 Å². The van der Waals surface area contributed by atoms with Crippen LogP contribution in [-0.2, 0) is 6.54 Å². The van der Waals surface area contributed by atoms with Gasteiger partial charge in [-0.2, -0.15) is 0 Å². The molecular formula is C16H25BrN2. The largest absolute Gasteiger partial charge is 0.310 e. The van der Waals surface area contributed by atoms with Gasteiger partial charge in [0.25, 0.3) is 0 Å². The summed E-state index contributed by atoms with van der Waals surface area (Å²) in [6.45, 7) is 8.04. The molecule has 0 saturated heterocycles. The smallest absolute Gasteiger partial charge is 0.0410 e. The van der Waals surface area contributed by atoms with Crippen LogP contribution in [0, 0.1) is 11.3 Å². The van der Waals surface area contributed by atoms with Gasteiger partial charge >= 0.3 is 0 Å². The van der Waals surface area contributed by atoms with Crippen LogP contribution in [0.4, 0.5) is 0 Å². The molecule has 1 heterocycles. The first-order chi connectivity index (χ1) is 8.97. The number of aromatic nitrogens is 1. The van der Waals surface area contributed by atoms with Crippen molar-refractivity contribution < 1.29 is 0 Å². The van der Waals surface area contributed by atoms with Crippen molar-refractivity contribution in [2.75, 3.05) is 0 Å². The number of halogens is 1. The highest BCUT2D eigenvalue weighted by molar-refractivity contribution is 9.10. The first-order valence-electron chi connectivity index (χ1n) is 7.29. The van der Waals surface area contributed by atoms with Crippen LogP contribution < -0.4 is 5.32 Å². The highest BCUT2D eigenvalue weighted by Crippen LogP contribution is 2.38. The first-order valence-corrected chi connectivity index (χ1v) is 8.09. The quantitative estimate of drug-likeness (QED) is 0.882. The van der Waals surface area contributed by atoms with Gasteiger partial charge in [0, 0.05) is 29.5 Å². The Bertz CT molecular complexity index is 411. The SMILES string of the molecule is CC(C)(C)C1CCCCC1NCc1cncc(Br)c1. The highest BCUT2D eigenvalue weighted by Gasteiger charge is 2.33. The maximum atomic E-state index is 4.23. The fraction of sp³-hybridized carbons (Fsp3) is 0.688. The number of pyridine rings is 1. The molecular weight excluding hydrogens is 300 g/mol. The van der Waals surface area contributed by atoms with Gasteiger partial charge in [-0.1, -0.05) is 33.6 Å². The molecule has 0 radical (unpaired) electrons. The molecule has 1 fully saturated rings. The Morgan fingerprint density at radius 2 is 2.00 bits per heavy atom. The zero-order chi connectivity index (χ0) is 13.9. The van der Waals surface area contributed by atoms with Gasteiger partial charge < -0.3 is 5.32 Å². The zero-order valence-electron chi connectivity index (χ0n) is 12.2. The normalized spacial score (nSPS) is 24.4. The van der Waals surface area contributed by atoms with E-state index in [2.05, 4.69) is 53.1 Å². The Labute approximate surface area is 125 Å². The van der Waals surface area contributed by atoms with Crippen LogP contribution in [0.3, 0.4) is 0 Å². The summed E-state index contributed by atoms with van der Waals surface area (Å²) < 4.78 is 1.06. The number of rotatable bonds is 3. The second-order valence-corrected chi connectivity index (χ2v) is 7.67. The summed E-state index contributed by atoms with van der Waals surface area (Å²) in [6, 6.07) is 2.79. The fourth-order valence-electron chi connectivity index (χ4n) is 3.21. The lowest BCUT2D eigenvalue weighted by Crippen LogP contribution is -2.43. The van der Waals surface area contributed by atoms with E-state index in [-0.39, 0.29) is 0 Å². The Morgan fingerprint density at radius 1 is 1.26 bits per heavy atom. The molecule has 1 N–H and O–H groups in total. The molecule has 19 heavy (non-hydrogen) atoms. The van der Waals surface area contributed by atoms with E-state index in [0.717, 1.165) is 16.9 Å². The van der Waals surface area contributed by atoms with Crippen LogP contribution in [0.2, 0.25) is 0 Å². The van der Waals surface area contributed by atoms with Crippen LogP contribution in [0.5, 0.6) is 0 Å². The molecule has 2 unspecified atom stereocenters. The minimum atomic E-state index is 0.396. The van der Waals surface area contributed by atoms with E-state index in [1.54, 1.807) is 0 Å². The lowest BCUT2D eigenvalue weighted by atomic mass is 9.69. The third kappa shape index (κ3) is 4.28. The lowest BCUT2D eigenvalue weighted by Gasteiger charge is -2.41. The van der Waals surface area contributed by atoms with Gasteiger partial charge in [-0.05, 0) is 51.7 Å². The van der Waals surface area contributed by atoms with Gasteiger partial charge in [-0.25, -0.2) is 0 Å². The van der Waals surface area contributed by atoms with Crippen LogP contribution in [0.1, 0.15) is 52.0 Å². The summed E-state index contributed by atoms with van der Waals surface area (Å²) in [5, 5.41) is 3.76. The van der Waals surface area contributed by atoms with Gasteiger partial charge in [-0.15, -0.1) is 0 Å². The van der Waals surface area contributed by atoms with Crippen molar-refractivity contribution in [1.82, 2.24) is 10.3 Å². The predicted octanol–water partition coefficient (Wildman–Crippen LogP) is 4.54. The molecule has 0 amide bonds. The van der Waals surface area contributed by atoms with Gasteiger partial charge in [0.15, 0.2) is 0 Å². The van der Waals surface area contributed by atoms with Crippen LogP contribution in [0.25, 0.3) is 0 Å². The topological polar surface area (TPSA) is 24.9 Å². The summed E-state index contributed by atoms with van der Waals surface area (Å²) in [4.78, 5) is 4.23. The average Bonchev–Trinajstić information content (AvgIpc) is 2.36. The Balaban J connectivity index is 1.97. The maximum Gasteiger partial charge on any atom is 0.0410 e. The van der Waals surface area contributed by atoms with E-state index in [9.17, 15) is 0 Å². The first kappa shape index (κ1) is 15.0. The molecule has 0 bridgehead atoms. The van der Waals surface area contributed by atoms with Gasteiger partial charge in [0.05, 0.1) is 0 Å². The van der Waals surface area contributed by atoms with E-state index < -0.39 is 0 Å². The molecule has 0 spiro atoms. The fourth-order valence-corrected chi connectivity index (χ4v) is 3.63. The Kier molecular flexibility index (Phi) is 5.02. The van der Waals surface area contributed by atoms with Gasteiger partial charge in [-0.3, -0.25) is 4.98 Å². The minimum absolute atomic E-state index is 0.396. The van der Waals surface area contributed by atoms with Crippen molar-refractivity contribution in [3.63, 3.8) is 0 Å². The lowest BCUT2D eigenvalue weighted by molar-refractivity contribution is 0.130. The third-order valence-electron chi connectivity index (χ3n) is 4.21. The van der Waals surface area contributed by atoms with Crippen molar-refractivity contribution >= 4 is 15.9 Å². The van der Waals surface area contributed by atoms with E-state index >= 15 is 0 Å². The molecule has 1 saturated carbocycles. The third-order valence-corrected chi connectivity index (χ3v) is 4.64. The monoisotopic (exact) mass is 324 g/mol. The molecule has 3 heteroatoms. The van der Waals surface area contributed by atoms with Crippen LogP contribution in [-0.4, -0.2) is 11.0 Å². The van der Waals surface area contributed by atoms with Crippen molar-refractivity contribution in [3.8, 4) is 0 Å². The summed E-state index contributed by atoms with van der Waals surface area (Å²) in [5.41, 5.74) is 1.65. The summed E-state index contributed by atoms with van der Waals surface area (Å²) in [6.07, 6.45) is 9.20. The van der Waals surface area contributed by atoms with Crippen molar-refractivity contribution in [2.24, 2.45) is 11.3 Å². The molecule has 1 aromatic rings. The van der Waals surface area contributed by atoms with E-state index in [0.29, 0.717) is 11.5 Å². The molecule has 2 nitrogen and oxygen atoms in total. The summed E-state index contributed by atoms with van der Waals surface area (Å²) in [7, 11) is 0. The Hall–Kier alpha value is -0.410. The highest BCUT2D eigenvalue weighted by atomic mass is 79.9. The van der Waals surface area contributed by atoms with E-state index in [1.807, 2.05) is 12.4 Å². The predicted molar refractivity (Wildman–Crippen MR) is 84.0 cm³/mol. The van der Waals surface area contributed by atoms with E-state index in [4.69, 9.17) is 0 Å². The average molecular weight is 325 g/mol. The molecule has 106 valence electrons. The van der Waals surface area contributed by atoms with Crippen LogP contribution >= 0.6 is 15.9 Å². The van der Waals surface area contributed by atoms with Gasteiger partial charge in [0.1, 0.15) is 0 Å². The number of hydrogen-bond acceptors (Lipinski definition) is 2. The number of hydrogen-bond donors (Lipinski definition) is 1. The second-order valence-electron chi connectivity index (χ2n) is 6.76. The maximum absolute atomic E-state index is 4.23.